The molecule has 1 aliphatic heterocycles. The van der Waals surface area contributed by atoms with Gasteiger partial charge in [0.25, 0.3) is 0 Å². The molecule has 0 aromatic heterocycles. The average molecular weight is 255 g/mol. The monoisotopic (exact) mass is 255 g/mol. The fourth-order valence-electron chi connectivity index (χ4n) is 2.32. The van der Waals surface area contributed by atoms with Crippen LogP contribution in [0.15, 0.2) is 0 Å². The third-order valence-corrected chi connectivity index (χ3v) is 3.30. The Kier molecular flexibility index (Phi) is 6.09. The molecule has 2 N–H and O–H groups in total. The van der Waals surface area contributed by atoms with E-state index in [9.17, 15) is 4.79 Å². The van der Waals surface area contributed by atoms with Gasteiger partial charge in [0, 0.05) is 26.1 Å². The molecule has 0 atom stereocenters. The minimum Gasteiger partial charge on any atom is -0.341 e. The number of nitrogens with zero attached hydrogens (tertiary/aromatic N) is 2. The third kappa shape index (κ3) is 5.83. The van der Waals surface area contributed by atoms with Crippen LogP contribution in [-0.4, -0.2) is 55.0 Å². The van der Waals surface area contributed by atoms with Crippen LogP contribution < -0.4 is 5.73 Å². The van der Waals surface area contributed by atoms with Gasteiger partial charge in [0.1, 0.15) is 0 Å². The van der Waals surface area contributed by atoms with Crippen molar-refractivity contribution in [2.75, 3.05) is 39.3 Å². The molecule has 0 unspecified atom stereocenters. The predicted molar refractivity (Wildman–Crippen MR) is 75.4 cm³/mol. The van der Waals surface area contributed by atoms with Gasteiger partial charge < -0.3 is 15.5 Å². The standard InChI is InChI=1S/C14H29N3O/c1-14(2,3)12-13(18)17-9-5-8-16(10-11-17)7-4-6-15/h4-12,15H2,1-3H3. The van der Waals surface area contributed by atoms with E-state index in [1.165, 1.54) is 0 Å². The van der Waals surface area contributed by atoms with Crippen LogP contribution >= 0.6 is 0 Å². The maximum Gasteiger partial charge on any atom is 0.223 e. The highest BCUT2D eigenvalue weighted by Crippen LogP contribution is 2.20. The molecule has 1 fully saturated rings. The van der Waals surface area contributed by atoms with Gasteiger partial charge >= 0.3 is 0 Å². The third-order valence-electron chi connectivity index (χ3n) is 3.30. The normalized spacial score (nSPS) is 18.8. The summed E-state index contributed by atoms with van der Waals surface area (Å²) in [6.45, 7) is 12.1. The van der Waals surface area contributed by atoms with Gasteiger partial charge in [0.05, 0.1) is 0 Å². The maximum absolute atomic E-state index is 12.2. The van der Waals surface area contributed by atoms with Crippen molar-refractivity contribution in [2.45, 2.75) is 40.0 Å². The quantitative estimate of drug-likeness (QED) is 0.824. The molecule has 1 rings (SSSR count). The summed E-state index contributed by atoms with van der Waals surface area (Å²) in [4.78, 5) is 16.6. The van der Waals surface area contributed by atoms with Gasteiger partial charge in [-0.05, 0) is 37.9 Å². The van der Waals surface area contributed by atoms with Crippen molar-refractivity contribution >= 4 is 5.91 Å². The lowest BCUT2D eigenvalue weighted by Gasteiger charge is -2.25. The zero-order valence-corrected chi connectivity index (χ0v) is 12.2. The lowest BCUT2D eigenvalue weighted by Crippen LogP contribution is -2.37. The molecule has 106 valence electrons. The van der Waals surface area contributed by atoms with Gasteiger partial charge in [-0.25, -0.2) is 0 Å². The molecule has 1 saturated heterocycles. The summed E-state index contributed by atoms with van der Waals surface area (Å²) in [7, 11) is 0. The second-order valence-electron chi connectivity index (χ2n) is 6.46. The Hall–Kier alpha value is -0.610. The summed E-state index contributed by atoms with van der Waals surface area (Å²) in [5.74, 6) is 0.308. The van der Waals surface area contributed by atoms with E-state index in [0.717, 1.165) is 52.1 Å². The number of nitrogens with two attached hydrogens (primary N) is 1. The molecule has 4 nitrogen and oxygen atoms in total. The lowest BCUT2D eigenvalue weighted by atomic mass is 9.91. The lowest BCUT2D eigenvalue weighted by molar-refractivity contribution is -0.132. The molecule has 0 radical (unpaired) electrons. The van der Waals surface area contributed by atoms with Crippen LogP contribution in [0.3, 0.4) is 0 Å². The van der Waals surface area contributed by atoms with Gasteiger partial charge in [0.15, 0.2) is 0 Å². The molecule has 0 aromatic rings. The van der Waals surface area contributed by atoms with E-state index in [1.54, 1.807) is 0 Å². The highest BCUT2D eigenvalue weighted by atomic mass is 16.2. The Balaban J connectivity index is 2.39. The highest BCUT2D eigenvalue weighted by molar-refractivity contribution is 5.76. The molecule has 1 amide bonds. The van der Waals surface area contributed by atoms with Gasteiger partial charge in [-0.2, -0.15) is 0 Å². The summed E-state index contributed by atoms with van der Waals surface area (Å²) in [5.41, 5.74) is 5.62. The largest absolute Gasteiger partial charge is 0.341 e. The summed E-state index contributed by atoms with van der Waals surface area (Å²) >= 11 is 0. The first-order valence-electron chi connectivity index (χ1n) is 7.12. The van der Waals surface area contributed by atoms with E-state index in [1.807, 2.05) is 4.90 Å². The highest BCUT2D eigenvalue weighted by Gasteiger charge is 2.23. The van der Waals surface area contributed by atoms with E-state index in [0.29, 0.717) is 12.3 Å². The molecule has 0 aliphatic carbocycles. The smallest absolute Gasteiger partial charge is 0.223 e. The Morgan fingerprint density at radius 3 is 2.50 bits per heavy atom. The average Bonchev–Trinajstić information content (AvgIpc) is 2.49. The first-order valence-corrected chi connectivity index (χ1v) is 7.12. The summed E-state index contributed by atoms with van der Waals surface area (Å²) in [6, 6.07) is 0. The van der Waals surface area contributed by atoms with Crippen molar-refractivity contribution in [3.8, 4) is 0 Å². The van der Waals surface area contributed by atoms with Crippen molar-refractivity contribution in [2.24, 2.45) is 11.1 Å². The number of carbonyl (C=O) groups is 1. The molecule has 1 aliphatic rings. The van der Waals surface area contributed by atoms with Gasteiger partial charge in [0.2, 0.25) is 5.91 Å². The maximum atomic E-state index is 12.2. The molecular weight excluding hydrogens is 226 g/mol. The van der Waals surface area contributed by atoms with E-state index < -0.39 is 0 Å². The van der Waals surface area contributed by atoms with Crippen LogP contribution in [-0.2, 0) is 4.79 Å². The van der Waals surface area contributed by atoms with Crippen LogP contribution in [0.4, 0.5) is 0 Å². The number of hydrogen-bond donors (Lipinski definition) is 1. The molecule has 4 heteroatoms. The van der Waals surface area contributed by atoms with Gasteiger partial charge in [-0.3, -0.25) is 4.79 Å². The summed E-state index contributed by atoms with van der Waals surface area (Å²) < 4.78 is 0. The van der Waals surface area contributed by atoms with Crippen molar-refractivity contribution in [3.05, 3.63) is 0 Å². The molecule has 0 spiro atoms. The van der Waals surface area contributed by atoms with E-state index in [-0.39, 0.29) is 5.41 Å². The molecular formula is C14H29N3O. The Morgan fingerprint density at radius 1 is 1.17 bits per heavy atom. The molecule has 0 bridgehead atoms. The Morgan fingerprint density at radius 2 is 1.89 bits per heavy atom. The first kappa shape index (κ1) is 15.4. The molecule has 1 heterocycles. The predicted octanol–water partition coefficient (Wildman–Crippen LogP) is 1.31. The first-order chi connectivity index (χ1) is 8.42. The van der Waals surface area contributed by atoms with Crippen molar-refractivity contribution < 1.29 is 4.79 Å². The van der Waals surface area contributed by atoms with E-state index in [2.05, 4.69) is 25.7 Å². The van der Waals surface area contributed by atoms with Crippen molar-refractivity contribution in [1.82, 2.24) is 9.80 Å². The minimum absolute atomic E-state index is 0.0859. The number of rotatable bonds is 4. The van der Waals surface area contributed by atoms with Crippen LogP contribution in [0.5, 0.6) is 0 Å². The Bertz CT molecular complexity index is 260. The second-order valence-corrected chi connectivity index (χ2v) is 6.46. The summed E-state index contributed by atoms with van der Waals surface area (Å²) in [6.07, 6.45) is 2.78. The second kappa shape index (κ2) is 7.10. The van der Waals surface area contributed by atoms with Crippen molar-refractivity contribution in [3.63, 3.8) is 0 Å². The minimum atomic E-state index is 0.0859. The number of carbonyl (C=O) groups excluding carboxylic acids is 1. The summed E-state index contributed by atoms with van der Waals surface area (Å²) in [5, 5.41) is 0. The van der Waals surface area contributed by atoms with Crippen LogP contribution in [0.25, 0.3) is 0 Å². The van der Waals surface area contributed by atoms with Gasteiger partial charge in [-0.15, -0.1) is 0 Å². The SMILES string of the molecule is CC(C)(C)CC(=O)N1CCCN(CCCN)CC1. The van der Waals surface area contributed by atoms with Crippen LogP contribution in [0, 0.1) is 5.41 Å². The zero-order chi connectivity index (χ0) is 13.6. The fourth-order valence-corrected chi connectivity index (χ4v) is 2.32. The molecule has 18 heavy (non-hydrogen) atoms. The van der Waals surface area contributed by atoms with Crippen LogP contribution in [0.2, 0.25) is 0 Å². The number of amides is 1. The zero-order valence-electron chi connectivity index (χ0n) is 12.2. The van der Waals surface area contributed by atoms with Crippen LogP contribution in [0.1, 0.15) is 40.0 Å². The molecule has 0 saturated carbocycles. The molecule has 0 aromatic carbocycles. The Labute approximate surface area is 111 Å². The van der Waals surface area contributed by atoms with E-state index >= 15 is 0 Å². The number of hydrogen-bond acceptors (Lipinski definition) is 3. The van der Waals surface area contributed by atoms with E-state index in [4.69, 9.17) is 5.73 Å². The van der Waals surface area contributed by atoms with Crippen molar-refractivity contribution in [1.29, 1.82) is 0 Å². The van der Waals surface area contributed by atoms with Gasteiger partial charge in [-0.1, -0.05) is 20.8 Å². The fraction of sp³-hybridized carbons (Fsp3) is 0.929. The topological polar surface area (TPSA) is 49.6 Å².